The van der Waals surface area contributed by atoms with Crippen LogP contribution < -0.4 is 5.32 Å². The van der Waals surface area contributed by atoms with E-state index in [1.165, 1.54) is 0 Å². The van der Waals surface area contributed by atoms with E-state index < -0.39 is 11.8 Å². The number of hydrogen-bond donors (Lipinski definition) is 2. The second-order valence-corrected chi connectivity index (χ2v) is 5.16. The molecular weight excluding hydrogens is 268 g/mol. The van der Waals surface area contributed by atoms with Gasteiger partial charge in [0.2, 0.25) is 5.91 Å². The van der Waals surface area contributed by atoms with Gasteiger partial charge in [0.25, 0.3) is 5.91 Å². The number of aliphatic hydroxyl groups excluding tert-OH is 1. The number of amides is 2. The van der Waals surface area contributed by atoms with Crippen molar-refractivity contribution in [3.63, 3.8) is 0 Å². The topological polar surface area (TPSA) is 78.8 Å². The fraction of sp³-hybridized carbons (Fsp3) is 0.438. The summed E-state index contributed by atoms with van der Waals surface area (Å²) in [5.41, 5.74) is 0.615. The molecule has 1 atom stereocenters. The standard InChI is InChI=1S/C16H20N2O3/c1-2-3-6-9-17-14(19)10-12-15(20)11-7-4-5-8-13(11)18-16(12)21/h4-5,7-8,11,20H,2-3,6,9-10H2,1H3,(H,17,19). The van der Waals surface area contributed by atoms with Gasteiger partial charge in [-0.25, -0.2) is 4.99 Å². The van der Waals surface area contributed by atoms with Crippen LogP contribution in [0.25, 0.3) is 0 Å². The van der Waals surface area contributed by atoms with Crippen molar-refractivity contribution >= 4 is 17.5 Å². The maximum atomic E-state index is 11.9. The normalized spacial score (nSPS) is 20.3. The SMILES string of the molecule is CCCCCNC(=O)CC1=C(O)C2C=CC=CC2=NC1=O. The molecule has 0 aromatic heterocycles. The number of rotatable bonds is 6. The van der Waals surface area contributed by atoms with Crippen molar-refractivity contribution in [2.75, 3.05) is 6.54 Å². The van der Waals surface area contributed by atoms with Crippen LogP contribution in [0.1, 0.15) is 32.6 Å². The Morgan fingerprint density at radius 1 is 1.38 bits per heavy atom. The summed E-state index contributed by atoms with van der Waals surface area (Å²) >= 11 is 0. The van der Waals surface area contributed by atoms with Crippen LogP contribution in [0.2, 0.25) is 0 Å². The van der Waals surface area contributed by atoms with Crippen LogP contribution in [-0.4, -0.2) is 29.2 Å². The second kappa shape index (κ2) is 7.02. The molecule has 1 aliphatic carbocycles. The average molecular weight is 288 g/mol. The van der Waals surface area contributed by atoms with Crippen LogP contribution in [0, 0.1) is 5.92 Å². The Kier molecular flexibility index (Phi) is 5.09. The Morgan fingerprint density at radius 2 is 2.19 bits per heavy atom. The Balaban J connectivity index is 1.99. The van der Waals surface area contributed by atoms with Crippen molar-refractivity contribution in [1.29, 1.82) is 0 Å². The van der Waals surface area contributed by atoms with E-state index in [0.29, 0.717) is 12.3 Å². The van der Waals surface area contributed by atoms with E-state index >= 15 is 0 Å². The van der Waals surface area contributed by atoms with Crippen LogP contribution >= 0.6 is 0 Å². The molecular formula is C16H20N2O3. The maximum Gasteiger partial charge on any atom is 0.277 e. The van der Waals surface area contributed by atoms with E-state index in [2.05, 4.69) is 17.2 Å². The highest BCUT2D eigenvalue weighted by Gasteiger charge is 2.30. The fourth-order valence-electron chi connectivity index (χ4n) is 2.34. The Hall–Kier alpha value is -2.17. The predicted molar refractivity (Wildman–Crippen MR) is 81.0 cm³/mol. The summed E-state index contributed by atoms with van der Waals surface area (Å²) in [6, 6.07) is 0. The molecule has 0 saturated heterocycles. The number of aliphatic hydroxyl groups is 1. The minimum atomic E-state index is -0.526. The molecule has 0 spiro atoms. The molecule has 2 amide bonds. The summed E-state index contributed by atoms with van der Waals surface area (Å²) in [6.07, 6.45) is 9.94. The van der Waals surface area contributed by atoms with Crippen molar-refractivity contribution in [1.82, 2.24) is 5.32 Å². The number of dihydropyridines is 1. The molecule has 5 nitrogen and oxygen atoms in total. The zero-order valence-electron chi connectivity index (χ0n) is 12.1. The minimum absolute atomic E-state index is 0.0608. The first-order valence-electron chi connectivity index (χ1n) is 7.30. The van der Waals surface area contributed by atoms with Gasteiger partial charge in [0.05, 0.1) is 23.6 Å². The number of hydrogen-bond acceptors (Lipinski definition) is 3. The van der Waals surface area contributed by atoms with Crippen molar-refractivity contribution in [3.05, 3.63) is 35.6 Å². The molecule has 1 unspecified atom stereocenters. The zero-order valence-corrected chi connectivity index (χ0v) is 12.1. The quantitative estimate of drug-likeness (QED) is 0.735. The highest BCUT2D eigenvalue weighted by atomic mass is 16.3. The van der Waals surface area contributed by atoms with Gasteiger partial charge in [-0.2, -0.15) is 0 Å². The van der Waals surface area contributed by atoms with E-state index in [-0.39, 0.29) is 23.7 Å². The molecule has 1 aliphatic heterocycles. The monoisotopic (exact) mass is 288 g/mol. The van der Waals surface area contributed by atoms with Gasteiger partial charge in [-0.15, -0.1) is 0 Å². The second-order valence-electron chi connectivity index (χ2n) is 5.16. The van der Waals surface area contributed by atoms with E-state index in [1.54, 1.807) is 24.3 Å². The van der Waals surface area contributed by atoms with Crippen LogP contribution in [-0.2, 0) is 9.59 Å². The first-order chi connectivity index (χ1) is 10.1. The highest BCUT2D eigenvalue weighted by molar-refractivity contribution is 6.14. The summed E-state index contributed by atoms with van der Waals surface area (Å²) < 4.78 is 0. The number of aliphatic imine (C=N–C) groups is 1. The van der Waals surface area contributed by atoms with E-state index in [9.17, 15) is 14.7 Å². The summed E-state index contributed by atoms with van der Waals surface area (Å²) in [6.45, 7) is 2.68. The van der Waals surface area contributed by atoms with Crippen LogP contribution in [0.15, 0.2) is 40.6 Å². The summed E-state index contributed by atoms with van der Waals surface area (Å²) in [7, 11) is 0. The lowest BCUT2D eigenvalue weighted by Gasteiger charge is -2.21. The zero-order chi connectivity index (χ0) is 15.2. The molecule has 2 aliphatic rings. The van der Waals surface area contributed by atoms with Crippen molar-refractivity contribution in [2.24, 2.45) is 10.9 Å². The molecule has 0 aromatic carbocycles. The molecule has 2 N–H and O–H groups in total. The first-order valence-corrected chi connectivity index (χ1v) is 7.30. The predicted octanol–water partition coefficient (Wildman–Crippen LogP) is 2.22. The van der Waals surface area contributed by atoms with Gasteiger partial charge in [-0.1, -0.05) is 38.0 Å². The number of allylic oxidation sites excluding steroid dienone is 4. The van der Waals surface area contributed by atoms with Gasteiger partial charge in [0, 0.05) is 6.54 Å². The molecule has 0 aromatic rings. The lowest BCUT2D eigenvalue weighted by atomic mass is 9.89. The highest BCUT2D eigenvalue weighted by Crippen LogP contribution is 2.27. The fourth-order valence-corrected chi connectivity index (χ4v) is 2.34. The van der Waals surface area contributed by atoms with Gasteiger partial charge in [0.1, 0.15) is 5.76 Å². The van der Waals surface area contributed by atoms with Gasteiger partial charge in [-0.05, 0) is 12.5 Å². The van der Waals surface area contributed by atoms with Crippen LogP contribution in [0.3, 0.4) is 0 Å². The number of nitrogens with one attached hydrogen (secondary N) is 1. The third kappa shape index (κ3) is 3.68. The molecule has 112 valence electrons. The number of fused-ring (bicyclic) bond motifs is 1. The van der Waals surface area contributed by atoms with E-state index in [0.717, 1.165) is 19.3 Å². The maximum absolute atomic E-state index is 11.9. The van der Waals surface area contributed by atoms with Crippen molar-refractivity contribution in [2.45, 2.75) is 32.6 Å². The smallest absolute Gasteiger partial charge is 0.277 e. The summed E-state index contributed by atoms with van der Waals surface area (Å²) in [5, 5.41) is 13.0. The first kappa shape index (κ1) is 15.2. The lowest BCUT2D eigenvalue weighted by molar-refractivity contribution is -0.122. The Bertz CT molecular complexity index is 556. The average Bonchev–Trinajstić information content (AvgIpc) is 2.48. The summed E-state index contributed by atoms with van der Waals surface area (Å²) in [5.74, 6) is -1.25. The van der Waals surface area contributed by atoms with E-state index in [4.69, 9.17) is 0 Å². The number of carbonyl (C=O) groups excluding carboxylic acids is 2. The van der Waals surface area contributed by atoms with Gasteiger partial charge in [0.15, 0.2) is 0 Å². The van der Waals surface area contributed by atoms with Gasteiger partial charge >= 0.3 is 0 Å². The molecule has 0 bridgehead atoms. The molecule has 1 heterocycles. The van der Waals surface area contributed by atoms with Crippen molar-refractivity contribution < 1.29 is 14.7 Å². The Labute approximate surface area is 124 Å². The molecule has 0 saturated carbocycles. The van der Waals surface area contributed by atoms with Crippen LogP contribution in [0.4, 0.5) is 0 Å². The van der Waals surface area contributed by atoms with Gasteiger partial charge in [-0.3, -0.25) is 9.59 Å². The lowest BCUT2D eigenvalue weighted by Crippen LogP contribution is -2.30. The number of carbonyl (C=O) groups is 2. The van der Waals surface area contributed by atoms with E-state index in [1.807, 2.05) is 0 Å². The van der Waals surface area contributed by atoms with Crippen molar-refractivity contribution in [3.8, 4) is 0 Å². The Morgan fingerprint density at radius 3 is 2.95 bits per heavy atom. The molecule has 0 fully saturated rings. The van der Waals surface area contributed by atoms with Crippen LogP contribution in [0.5, 0.6) is 0 Å². The third-order valence-corrected chi connectivity index (χ3v) is 3.53. The molecule has 2 rings (SSSR count). The largest absolute Gasteiger partial charge is 0.511 e. The molecule has 5 heteroatoms. The number of nitrogens with zero attached hydrogens (tertiary/aromatic N) is 1. The number of unbranched alkanes of at least 4 members (excludes halogenated alkanes) is 2. The molecule has 0 radical (unpaired) electrons. The van der Waals surface area contributed by atoms with Gasteiger partial charge < -0.3 is 10.4 Å². The third-order valence-electron chi connectivity index (χ3n) is 3.53. The summed E-state index contributed by atoms with van der Waals surface area (Å²) in [4.78, 5) is 27.7. The minimum Gasteiger partial charge on any atom is -0.511 e. The molecule has 21 heavy (non-hydrogen) atoms.